The fraction of sp³-hybridized carbons (Fsp3) is 0.519. The normalized spacial score (nSPS) is 15.3. The minimum Gasteiger partial charge on any atom is -0.477 e. The minimum absolute atomic E-state index is 0.0347. The number of fused-ring (bicyclic) bond motifs is 1. The van der Waals surface area contributed by atoms with Crippen LogP contribution < -0.4 is 32.0 Å². The third kappa shape index (κ3) is 14.8. The summed E-state index contributed by atoms with van der Waals surface area (Å²) in [7, 11) is 3.54. The van der Waals surface area contributed by atoms with E-state index in [4.69, 9.17) is 10.5 Å². The molecule has 2 fully saturated rings. The molecule has 413 valence electrons. The fourth-order valence-electron chi connectivity index (χ4n) is 9.81. The van der Waals surface area contributed by atoms with Crippen LogP contribution in [0.1, 0.15) is 120 Å². The van der Waals surface area contributed by atoms with E-state index in [1.54, 1.807) is 58.7 Å². The number of anilines is 2. The molecule has 3 radical (unpaired) electrons. The van der Waals surface area contributed by atoms with Gasteiger partial charge in [0.05, 0.1) is 27.1 Å². The molecule has 4 atom stereocenters. The van der Waals surface area contributed by atoms with Crippen molar-refractivity contribution in [2.45, 2.75) is 123 Å². The molecule has 77 heavy (non-hydrogen) atoms. The maximum atomic E-state index is 15.4. The lowest BCUT2D eigenvalue weighted by Gasteiger charge is -2.36. The first kappa shape index (κ1) is 58.6. The zero-order valence-corrected chi connectivity index (χ0v) is 45.1. The van der Waals surface area contributed by atoms with Crippen LogP contribution >= 0.6 is 0 Å². The number of aromatic carboxylic acids is 1. The van der Waals surface area contributed by atoms with E-state index in [1.807, 2.05) is 20.8 Å². The number of hydrogen-bond acceptors (Lipinski definition) is 13. The number of nitrogens with two attached hydrogens (primary N) is 1. The van der Waals surface area contributed by atoms with Gasteiger partial charge in [-0.2, -0.15) is 0 Å². The van der Waals surface area contributed by atoms with Crippen LogP contribution in [0.25, 0.3) is 10.9 Å². The number of nitrogens with one attached hydrogen (secondary N) is 3. The molecule has 4 heterocycles. The van der Waals surface area contributed by atoms with Crippen LogP contribution in [0.3, 0.4) is 0 Å². The summed E-state index contributed by atoms with van der Waals surface area (Å²) in [6.07, 6.45) is 5.49. The number of urea groups is 1. The van der Waals surface area contributed by atoms with Gasteiger partial charge in [-0.3, -0.25) is 33.7 Å². The van der Waals surface area contributed by atoms with Gasteiger partial charge in [-0.1, -0.05) is 37.6 Å². The molecule has 4 aromatic rings. The molecule has 2 aromatic carbocycles. The summed E-state index contributed by atoms with van der Waals surface area (Å²) in [6.45, 7) is 11.0. The number of ether oxygens (including phenoxy) is 1. The number of benzene rings is 2. The van der Waals surface area contributed by atoms with Crippen molar-refractivity contribution >= 4 is 80.1 Å². The lowest BCUT2D eigenvalue weighted by atomic mass is 9.86. The molecule has 23 nitrogen and oxygen atoms in total. The van der Waals surface area contributed by atoms with E-state index in [0.717, 1.165) is 6.07 Å². The van der Waals surface area contributed by atoms with Gasteiger partial charge in [-0.05, 0) is 82.2 Å². The number of rotatable bonds is 25. The summed E-state index contributed by atoms with van der Waals surface area (Å²) >= 11 is 0. The number of piperazine rings is 1. The van der Waals surface area contributed by atoms with Crippen molar-refractivity contribution in [3.8, 4) is 0 Å². The molecule has 6 rings (SSSR count). The summed E-state index contributed by atoms with van der Waals surface area (Å²) in [6, 6.07) is 6.39. The molecule has 8 amide bonds. The van der Waals surface area contributed by atoms with Crippen LogP contribution in [0.5, 0.6) is 0 Å². The van der Waals surface area contributed by atoms with Crippen molar-refractivity contribution in [1.82, 2.24) is 44.9 Å². The molecule has 0 aliphatic carbocycles. The van der Waals surface area contributed by atoms with Crippen molar-refractivity contribution in [2.75, 3.05) is 55.7 Å². The number of hydrogen-bond donors (Lipinski definition) is 5. The monoisotopic (exact) mass is 1080 g/mol. The molecule has 2 aromatic heterocycles. The van der Waals surface area contributed by atoms with Crippen LogP contribution in [-0.4, -0.2) is 155 Å². The molecule has 25 heteroatoms. The van der Waals surface area contributed by atoms with Gasteiger partial charge in [0.1, 0.15) is 30.1 Å². The predicted octanol–water partition coefficient (Wildman–Crippen LogP) is 3.83. The maximum Gasteiger partial charge on any atom is 0.410 e. The summed E-state index contributed by atoms with van der Waals surface area (Å²) in [5.41, 5.74) is 6.30. The highest BCUT2D eigenvalue weighted by Gasteiger charge is 2.35. The van der Waals surface area contributed by atoms with E-state index >= 15 is 4.39 Å². The third-order valence-corrected chi connectivity index (χ3v) is 14.3. The number of unbranched alkanes of at least 4 members (excludes halogenated alkanes) is 2. The highest BCUT2D eigenvalue weighted by Crippen LogP contribution is 2.32. The smallest absolute Gasteiger partial charge is 0.410 e. The molecular formula is C52H68FN12O11Si. The SMILES string of the molecule is CCn1cc(C(=O)O)c(=O)c2cc(F)c(N3CCN(C(=O)OCc4ccc(NC(=O)[C@H](CCCNC(N)=O)n5cc([C@H](C(C)C)[C@@H](C)N(C[Si])C(=O)[C@H](C)NC(=O)CCCCCN6C(=O)CCC6=O)nn5)cc4)CC3)cc21. The number of nitrogens with zero attached hydrogens (tertiary/aromatic N) is 8. The Kier molecular flexibility index (Phi) is 20.4. The van der Waals surface area contributed by atoms with Crippen molar-refractivity contribution in [3.63, 3.8) is 0 Å². The number of carbonyl (C=O) groups is 8. The quantitative estimate of drug-likeness (QED) is 0.0358. The van der Waals surface area contributed by atoms with Gasteiger partial charge in [0.15, 0.2) is 0 Å². The zero-order chi connectivity index (χ0) is 56.1. The highest BCUT2D eigenvalue weighted by atomic mass is 28.1. The standard InChI is InChI=1S/C52H68FN12O11Si/c1-6-60-27-37(50(72)73)47(69)36-25-38(53)42(26-41(36)60)61-21-23-62(24-22-61)52(75)76-29-34-13-15-35(16-14-34)57-48(70)40(11-10-19-55-51(54)74)65-28-39(58-59-65)46(31(2)3)33(5)64(30-77)49(71)32(4)56-43(66)12-8-7-9-20-63-44(67)17-18-45(63)68/h13-16,25-28,31-33,40,46H,6-12,17-24,29-30H2,1-5H3,(H,56,66)(H,57,70)(H,72,73)(H3,54,55,74)/t32-,33+,40-,46+/m0/s1. The van der Waals surface area contributed by atoms with E-state index in [1.165, 1.54) is 26.7 Å². The molecule has 0 spiro atoms. The first-order valence-electron chi connectivity index (χ1n) is 25.9. The molecule has 2 aliphatic rings. The van der Waals surface area contributed by atoms with Crippen LogP contribution in [-0.2, 0) is 41.9 Å². The van der Waals surface area contributed by atoms with Crippen molar-refractivity contribution in [2.24, 2.45) is 11.7 Å². The van der Waals surface area contributed by atoms with Crippen LogP contribution in [0, 0.1) is 11.7 Å². The number of primary amides is 1. The van der Waals surface area contributed by atoms with Crippen LogP contribution in [0.15, 0.2) is 53.6 Å². The van der Waals surface area contributed by atoms with Gasteiger partial charge >= 0.3 is 18.1 Å². The number of aromatic nitrogens is 4. The van der Waals surface area contributed by atoms with E-state index in [2.05, 4.69) is 36.5 Å². The highest BCUT2D eigenvalue weighted by molar-refractivity contribution is 6.10. The summed E-state index contributed by atoms with van der Waals surface area (Å²) < 4.78 is 24.1. The van der Waals surface area contributed by atoms with Gasteiger partial charge < -0.3 is 50.8 Å². The number of carboxylic acid groups (broad SMARTS) is 1. The minimum atomic E-state index is -1.39. The number of carbonyl (C=O) groups excluding carboxylic acids is 7. The number of likely N-dealkylation sites (tertiary alicyclic amines) is 1. The second-order valence-corrected chi connectivity index (χ2v) is 19.9. The predicted molar refractivity (Wildman–Crippen MR) is 282 cm³/mol. The lowest BCUT2D eigenvalue weighted by Crippen LogP contribution is -2.52. The number of pyridine rings is 1. The number of halogens is 1. The fourth-order valence-corrected chi connectivity index (χ4v) is 10.3. The Morgan fingerprint density at radius 2 is 1.61 bits per heavy atom. The van der Waals surface area contributed by atoms with E-state index < -0.39 is 58.9 Å². The zero-order valence-electron chi connectivity index (χ0n) is 44.1. The molecule has 0 unspecified atom stereocenters. The van der Waals surface area contributed by atoms with Gasteiger partial charge in [-0.15, -0.1) is 5.10 Å². The Morgan fingerprint density at radius 3 is 2.23 bits per heavy atom. The van der Waals surface area contributed by atoms with Gasteiger partial charge in [0.2, 0.25) is 35.0 Å². The second-order valence-electron chi connectivity index (χ2n) is 19.6. The largest absolute Gasteiger partial charge is 0.477 e. The van der Waals surface area contributed by atoms with E-state index in [-0.39, 0.29) is 118 Å². The second kappa shape index (κ2) is 26.9. The number of carboxylic acids is 1. The first-order valence-corrected chi connectivity index (χ1v) is 26.6. The Morgan fingerprint density at radius 1 is 0.922 bits per heavy atom. The van der Waals surface area contributed by atoms with E-state index in [9.17, 15) is 48.3 Å². The van der Waals surface area contributed by atoms with Gasteiger partial charge in [0.25, 0.3) is 0 Å². The number of imide groups is 1. The Balaban J connectivity index is 1.03. The van der Waals surface area contributed by atoms with Crippen LogP contribution in [0.4, 0.5) is 25.4 Å². The summed E-state index contributed by atoms with van der Waals surface area (Å²) in [5.74, 6) is -3.89. The average Bonchev–Trinajstić information content (AvgIpc) is 4.00. The Labute approximate surface area is 448 Å². The summed E-state index contributed by atoms with van der Waals surface area (Å²) in [5, 5.41) is 26.6. The van der Waals surface area contributed by atoms with Gasteiger partial charge in [0, 0.05) is 107 Å². The molecule has 0 bridgehead atoms. The molecule has 6 N–H and O–H groups in total. The van der Waals surface area contributed by atoms with Crippen molar-refractivity contribution in [3.05, 3.63) is 81.7 Å². The molecular weight excluding hydrogens is 1020 g/mol. The topological polar surface area (TPSA) is 294 Å². The van der Waals surface area contributed by atoms with Gasteiger partial charge in [-0.25, -0.2) is 23.5 Å². The Hall–Kier alpha value is -7.70. The van der Waals surface area contributed by atoms with Crippen molar-refractivity contribution < 1.29 is 52.6 Å². The maximum absolute atomic E-state index is 15.4. The van der Waals surface area contributed by atoms with Crippen LogP contribution in [0.2, 0.25) is 0 Å². The number of amides is 8. The van der Waals surface area contributed by atoms with E-state index in [0.29, 0.717) is 61.2 Å². The number of aryl methyl sites for hydroxylation is 1. The lowest BCUT2D eigenvalue weighted by molar-refractivity contribution is -0.138. The summed E-state index contributed by atoms with van der Waals surface area (Å²) in [4.78, 5) is 120. The molecule has 2 aliphatic heterocycles. The first-order chi connectivity index (χ1) is 36.7. The molecule has 2 saturated heterocycles. The average molecular weight is 1080 g/mol. The molecule has 0 saturated carbocycles. The van der Waals surface area contributed by atoms with Crippen molar-refractivity contribution in [1.29, 1.82) is 0 Å². The third-order valence-electron chi connectivity index (χ3n) is 14.0. The Bertz CT molecular complexity index is 2860.